The second-order valence-electron chi connectivity index (χ2n) is 16.5. The van der Waals surface area contributed by atoms with Gasteiger partial charge in [0, 0.05) is 38.8 Å². The van der Waals surface area contributed by atoms with Crippen molar-refractivity contribution in [2.75, 3.05) is 0 Å². The van der Waals surface area contributed by atoms with Crippen molar-refractivity contribution in [3.05, 3.63) is 236 Å². The fourth-order valence-corrected chi connectivity index (χ4v) is 9.80. The van der Waals surface area contributed by atoms with Crippen LogP contribution in [0.15, 0.2) is 224 Å². The predicted octanol–water partition coefficient (Wildman–Crippen LogP) is 16.0. The van der Waals surface area contributed by atoms with Crippen LogP contribution in [0.25, 0.3) is 106 Å². The Morgan fingerprint density at radius 2 is 0.710 bits per heavy atom. The maximum atomic E-state index is 2.53. The molecule has 2 heteroatoms. The zero-order valence-corrected chi connectivity index (χ0v) is 34.2. The van der Waals surface area contributed by atoms with Crippen LogP contribution in [-0.2, 0) is 6.42 Å². The van der Waals surface area contributed by atoms with Gasteiger partial charge in [-0.05, 0) is 135 Å². The standard InChI is InChI=1S/C60H42N2/c1-5-17-41(18-6-1)47-33-48(42-19-7-2-8-20-42)36-51(35-47)61-57-27-15-13-25-53(57)55-39-45(29-31-59(55)61)46-30-32-60-56(40-46)54-26-14-16-28-58(54)62(60)52-37-49(43-21-9-3-10-22-43)34-50(38-52)44-23-11-4-12-24-44/h1-15,17-27,29-40H,16,28H2. The second kappa shape index (κ2) is 15.0. The molecule has 0 radical (unpaired) electrons. The van der Waals surface area contributed by atoms with Gasteiger partial charge in [0.05, 0.1) is 16.6 Å². The topological polar surface area (TPSA) is 9.86 Å². The Kier molecular flexibility index (Phi) is 8.67. The van der Waals surface area contributed by atoms with E-state index in [4.69, 9.17) is 0 Å². The van der Waals surface area contributed by atoms with Crippen molar-refractivity contribution in [3.63, 3.8) is 0 Å². The zero-order valence-electron chi connectivity index (χ0n) is 34.2. The lowest BCUT2D eigenvalue weighted by Crippen LogP contribution is -2.03. The molecule has 0 N–H and O–H groups in total. The normalized spacial score (nSPS) is 12.3. The molecule has 2 heterocycles. The smallest absolute Gasteiger partial charge is 0.0541 e. The molecule has 0 spiro atoms. The highest BCUT2D eigenvalue weighted by Gasteiger charge is 2.21. The average molecular weight is 791 g/mol. The molecule has 0 fully saturated rings. The molecule has 0 bridgehead atoms. The Bertz CT molecular complexity index is 3370. The summed E-state index contributed by atoms with van der Waals surface area (Å²) < 4.78 is 4.98. The molecule has 0 unspecified atom stereocenters. The number of hydrogen-bond donors (Lipinski definition) is 0. The van der Waals surface area contributed by atoms with Crippen LogP contribution in [0.5, 0.6) is 0 Å². The van der Waals surface area contributed by atoms with E-state index >= 15 is 0 Å². The van der Waals surface area contributed by atoms with Gasteiger partial charge in [-0.3, -0.25) is 0 Å². The van der Waals surface area contributed by atoms with Crippen LogP contribution < -0.4 is 0 Å². The van der Waals surface area contributed by atoms with Gasteiger partial charge in [0.15, 0.2) is 0 Å². The summed E-state index contributed by atoms with van der Waals surface area (Å²) in [4.78, 5) is 0. The molecular weight excluding hydrogens is 749 g/mol. The minimum absolute atomic E-state index is 0.995. The molecule has 292 valence electrons. The summed E-state index contributed by atoms with van der Waals surface area (Å²) in [6.45, 7) is 0. The van der Waals surface area contributed by atoms with Gasteiger partial charge in [-0.15, -0.1) is 0 Å². The molecule has 11 aromatic rings. The van der Waals surface area contributed by atoms with Crippen LogP contribution in [0.1, 0.15) is 17.7 Å². The van der Waals surface area contributed by atoms with Gasteiger partial charge in [0.1, 0.15) is 0 Å². The van der Waals surface area contributed by atoms with Gasteiger partial charge in [-0.1, -0.05) is 164 Å². The van der Waals surface area contributed by atoms with E-state index in [0.29, 0.717) is 0 Å². The first-order valence-corrected chi connectivity index (χ1v) is 21.6. The van der Waals surface area contributed by atoms with Gasteiger partial charge < -0.3 is 9.13 Å². The van der Waals surface area contributed by atoms with Gasteiger partial charge >= 0.3 is 0 Å². The highest BCUT2D eigenvalue weighted by Crippen LogP contribution is 2.41. The first-order chi connectivity index (χ1) is 30.7. The largest absolute Gasteiger partial charge is 0.313 e. The van der Waals surface area contributed by atoms with E-state index in [1.807, 2.05) is 0 Å². The Balaban J connectivity index is 1.02. The molecule has 2 nitrogen and oxygen atoms in total. The fourth-order valence-electron chi connectivity index (χ4n) is 9.80. The van der Waals surface area contributed by atoms with Gasteiger partial charge in [-0.25, -0.2) is 0 Å². The van der Waals surface area contributed by atoms with E-state index in [1.54, 1.807) is 0 Å². The molecule has 0 atom stereocenters. The quantitative estimate of drug-likeness (QED) is 0.152. The third-order valence-electron chi connectivity index (χ3n) is 12.7. The van der Waals surface area contributed by atoms with E-state index in [0.717, 1.165) is 18.5 Å². The molecule has 9 aromatic carbocycles. The minimum atomic E-state index is 0.995. The molecule has 62 heavy (non-hydrogen) atoms. The molecule has 0 amide bonds. The molecule has 0 saturated carbocycles. The molecule has 0 saturated heterocycles. The van der Waals surface area contributed by atoms with Crippen molar-refractivity contribution < 1.29 is 0 Å². The zero-order chi connectivity index (χ0) is 41.0. The van der Waals surface area contributed by atoms with Crippen LogP contribution in [0, 0.1) is 0 Å². The first kappa shape index (κ1) is 36.0. The average Bonchev–Trinajstić information content (AvgIpc) is 3.87. The number of nitrogens with zero attached hydrogens (tertiary/aromatic N) is 2. The number of fused-ring (bicyclic) bond motifs is 6. The lowest BCUT2D eigenvalue weighted by atomic mass is 9.97. The van der Waals surface area contributed by atoms with E-state index in [9.17, 15) is 0 Å². The van der Waals surface area contributed by atoms with Crippen molar-refractivity contribution in [2.24, 2.45) is 0 Å². The van der Waals surface area contributed by atoms with Gasteiger partial charge in [-0.2, -0.15) is 0 Å². The minimum Gasteiger partial charge on any atom is -0.313 e. The third-order valence-corrected chi connectivity index (χ3v) is 12.7. The fraction of sp³-hybridized carbons (Fsp3) is 0.0333. The van der Waals surface area contributed by atoms with E-state index in [1.165, 1.54) is 105 Å². The van der Waals surface area contributed by atoms with Crippen LogP contribution in [-0.4, -0.2) is 9.13 Å². The Labute approximate surface area is 361 Å². The Morgan fingerprint density at radius 1 is 0.290 bits per heavy atom. The lowest BCUT2D eigenvalue weighted by Gasteiger charge is -2.17. The van der Waals surface area contributed by atoms with Crippen molar-refractivity contribution in [1.29, 1.82) is 0 Å². The summed E-state index contributed by atoms with van der Waals surface area (Å²) in [5.41, 5.74) is 20.8. The van der Waals surface area contributed by atoms with Crippen molar-refractivity contribution in [1.82, 2.24) is 9.13 Å². The molecule has 1 aliphatic carbocycles. The van der Waals surface area contributed by atoms with Crippen LogP contribution in [0.3, 0.4) is 0 Å². The molecule has 12 rings (SSSR count). The Morgan fingerprint density at radius 3 is 1.23 bits per heavy atom. The number of benzene rings is 9. The van der Waals surface area contributed by atoms with E-state index in [2.05, 4.69) is 240 Å². The molecular formula is C60H42N2. The number of rotatable bonds is 7. The predicted molar refractivity (Wildman–Crippen MR) is 262 cm³/mol. The number of aromatic nitrogens is 2. The van der Waals surface area contributed by atoms with Crippen LogP contribution >= 0.6 is 0 Å². The van der Waals surface area contributed by atoms with Crippen LogP contribution in [0.4, 0.5) is 0 Å². The highest BCUT2D eigenvalue weighted by molar-refractivity contribution is 6.11. The monoisotopic (exact) mass is 790 g/mol. The summed E-state index contributed by atoms with van der Waals surface area (Å²) in [7, 11) is 0. The van der Waals surface area contributed by atoms with E-state index < -0.39 is 0 Å². The Hall–Kier alpha value is -7.94. The molecule has 0 aliphatic heterocycles. The van der Waals surface area contributed by atoms with Crippen molar-refractivity contribution >= 4 is 38.8 Å². The number of allylic oxidation sites excluding steroid dienone is 1. The summed E-state index contributed by atoms with van der Waals surface area (Å²) in [6.07, 6.45) is 6.72. The highest BCUT2D eigenvalue weighted by atomic mass is 15.0. The van der Waals surface area contributed by atoms with Gasteiger partial charge in [0.2, 0.25) is 0 Å². The number of para-hydroxylation sites is 1. The van der Waals surface area contributed by atoms with Crippen molar-refractivity contribution in [3.8, 4) is 67.0 Å². The van der Waals surface area contributed by atoms with Crippen molar-refractivity contribution in [2.45, 2.75) is 12.8 Å². The summed E-state index contributed by atoms with van der Waals surface area (Å²) in [5, 5.41) is 3.78. The second-order valence-corrected chi connectivity index (χ2v) is 16.5. The molecule has 2 aromatic heterocycles. The molecule has 1 aliphatic rings. The lowest BCUT2D eigenvalue weighted by molar-refractivity contribution is 0.889. The van der Waals surface area contributed by atoms with E-state index in [-0.39, 0.29) is 0 Å². The summed E-state index contributed by atoms with van der Waals surface area (Å²) in [5.74, 6) is 0. The maximum Gasteiger partial charge on any atom is 0.0541 e. The van der Waals surface area contributed by atoms with Crippen LogP contribution in [0.2, 0.25) is 0 Å². The number of hydrogen-bond acceptors (Lipinski definition) is 0. The summed E-state index contributed by atoms with van der Waals surface area (Å²) >= 11 is 0. The first-order valence-electron chi connectivity index (χ1n) is 21.6. The van der Waals surface area contributed by atoms with Gasteiger partial charge in [0.25, 0.3) is 0 Å². The maximum absolute atomic E-state index is 2.53. The summed E-state index contributed by atoms with van der Waals surface area (Å²) in [6, 6.07) is 80.1. The third kappa shape index (κ3) is 6.19. The SMILES string of the molecule is C1=Cc2c(n(-c3cc(-c4ccccc4)cc(-c4ccccc4)c3)c3ccc(-c4ccc5c(c4)c4ccccc4n5-c4cc(-c5ccccc5)cc(-c5ccccc5)c4)cc23)CC1.